The number of rotatable bonds is 4. The molecule has 0 atom stereocenters. The summed E-state index contributed by atoms with van der Waals surface area (Å²) >= 11 is 0.881. The lowest BCUT2D eigenvalue weighted by Gasteiger charge is -2.02. The third-order valence-corrected chi connectivity index (χ3v) is 3.00. The van der Waals surface area contributed by atoms with Crippen molar-refractivity contribution in [1.82, 2.24) is 10.2 Å². The van der Waals surface area contributed by atoms with E-state index in [2.05, 4.69) is 10.2 Å². The van der Waals surface area contributed by atoms with Crippen molar-refractivity contribution in [3.05, 3.63) is 24.3 Å². The molecule has 0 unspecified atom stereocenters. The number of anilines is 1. The quantitative estimate of drug-likeness (QED) is 0.690. The first kappa shape index (κ1) is 13.7. The Morgan fingerprint density at radius 3 is 2.47 bits per heavy atom. The monoisotopic (exact) mass is 289 g/mol. The molecule has 0 bridgehead atoms. The van der Waals surface area contributed by atoms with E-state index in [9.17, 15) is 13.2 Å². The van der Waals surface area contributed by atoms with Crippen LogP contribution in [0.4, 0.5) is 18.9 Å². The van der Waals surface area contributed by atoms with Gasteiger partial charge in [-0.05, 0) is 24.3 Å². The van der Waals surface area contributed by atoms with Crippen LogP contribution in [0.15, 0.2) is 33.9 Å². The molecule has 102 valence electrons. The second kappa shape index (κ2) is 5.52. The van der Waals surface area contributed by atoms with Gasteiger partial charge in [0.25, 0.3) is 5.22 Å². The molecule has 8 heteroatoms. The number of hydrogen-bond acceptors (Lipinski definition) is 5. The fraction of sp³-hybridized carbons (Fsp3) is 0.273. The Bertz CT molecular complexity index is 539. The largest absolute Gasteiger partial charge is 0.411 e. The summed E-state index contributed by atoms with van der Waals surface area (Å²) in [5, 5.41) is 7.58. The average Bonchev–Trinajstić information content (AvgIpc) is 2.77. The fourth-order valence-electron chi connectivity index (χ4n) is 1.26. The van der Waals surface area contributed by atoms with Crippen molar-refractivity contribution in [2.75, 3.05) is 11.5 Å². The highest BCUT2D eigenvalue weighted by molar-refractivity contribution is 7.99. The molecule has 0 radical (unpaired) electrons. The minimum absolute atomic E-state index is 0.121. The molecular weight excluding hydrogens is 279 g/mol. The van der Waals surface area contributed by atoms with Gasteiger partial charge in [-0.15, -0.1) is 10.2 Å². The van der Waals surface area contributed by atoms with Gasteiger partial charge in [0.2, 0.25) is 5.89 Å². The van der Waals surface area contributed by atoms with Crippen molar-refractivity contribution in [2.24, 2.45) is 0 Å². The maximum atomic E-state index is 12.0. The Labute approximate surface area is 111 Å². The van der Waals surface area contributed by atoms with Gasteiger partial charge in [0.1, 0.15) is 0 Å². The predicted octanol–water partition coefficient (Wildman–Crippen LogP) is 3.36. The number of thioether (sulfide) groups is 1. The molecule has 0 aliphatic heterocycles. The first-order valence-electron chi connectivity index (χ1n) is 5.33. The molecule has 1 heterocycles. The van der Waals surface area contributed by atoms with Gasteiger partial charge < -0.3 is 10.2 Å². The van der Waals surface area contributed by atoms with E-state index in [0.29, 0.717) is 11.3 Å². The van der Waals surface area contributed by atoms with Crippen LogP contribution in [0, 0.1) is 0 Å². The Morgan fingerprint density at radius 1 is 1.16 bits per heavy atom. The van der Waals surface area contributed by atoms with Crippen molar-refractivity contribution in [2.45, 2.75) is 17.8 Å². The average molecular weight is 289 g/mol. The minimum Gasteiger partial charge on any atom is -0.411 e. The van der Waals surface area contributed by atoms with E-state index in [-0.39, 0.29) is 16.9 Å². The first-order chi connectivity index (χ1) is 8.94. The normalized spacial score (nSPS) is 11.7. The number of aromatic nitrogens is 2. The fourth-order valence-corrected chi connectivity index (χ4v) is 2.01. The van der Waals surface area contributed by atoms with Gasteiger partial charge in [0.05, 0.1) is 6.42 Å². The molecule has 0 spiro atoms. The Kier molecular flexibility index (Phi) is 3.98. The number of alkyl halides is 3. The zero-order chi connectivity index (χ0) is 13.9. The van der Waals surface area contributed by atoms with E-state index in [1.165, 1.54) is 0 Å². The molecule has 2 aromatic rings. The smallest absolute Gasteiger partial charge is 0.389 e. The minimum atomic E-state index is -4.17. The topological polar surface area (TPSA) is 64.9 Å². The molecule has 4 nitrogen and oxygen atoms in total. The zero-order valence-electron chi connectivity index (χ0n) is 9.65. The Hall–Kier alpha value is -1.70. The molecule has 0 saturated carbocycles. The molecule has 0 aliphatic rings. The SMILES string of the molecule is Nc1ccc(-c2nnc(SCCC(F)(F)F)o2)cc1. The van der Waals surface area contributed by atoms with E-state index in [1.807, 2.05) is 0 Å². The zero-order valence-corrected chi connectivity index (χ0v) is 10.5. The van der Waals surface area contributed by atoms with Crippen LogP contribution in [0.2, 0.25) is 0 Å². The van der Waals surface area contributed by atoms with Crippen LogP contribution in [0.3, 0.4) is 0 Å². The van der Waals surface area contributed by atoms with Crippen LogP contribution in [-0.2, 0) is 0 Å². The van der Waals surface area contributed by atoms with Crippen LogP contribution in [0.5, 0.6) is 0 Å². The lowest BCUT2D eigenvalue weighted by molar-refractivity contribution is -0.129. The number of nitrogens with two attached hydrogens (primary N) is 1. The second-order valence-corrected chi connectivity index (χ2v) is 4.75. The van der Waals surface area contributed by atoms with Crippen molar-refractivity contribution >= 4 is 17.4 Å². The number of nitrogen functional groups attached to an aromatic ring is 1. The molecule has 0 fully saturated rings. The van der Waals surface area contributed by atoms with Crippen LogP contribution in [0.25, 0.3) is 11.5 Å². The van der Waals surface area contributed by atoms with Gasteiger partial charge >= 0.3 is 6.18 Å². The summed E-state index contributed by atoms with van der Waals surface area (Å²) in [5.74, 6) is 0.113. The Morgan fingerprint density at radius 2 is 1.84 bits per heavy atom. The van der Waals surface area contributed by atoms with Crippen molar-refractivity contribution in [1.29, 1.82) is 0 Å². The highest BCUT2D eigenvalue weighted by Gasteiger charge is 2.26. The van der Waals surface area contributed by atoms with Gasteiger partial charge in [-0.1, -0.05) is 11.8 Å². The molecule has 19 heavy (non-hydrogen) atoms. The third kappa shape index (κ3) is 4.16. The molecule has 0 aliphatic carbocycles. The molecule has 2 N–H and O–H groups in total. The van der Waals surface area contributed by atoms with Crippen molar-refractivity contribution in [3.63, 3.8) is 0 Å². The first-order valence-corrected chi connectivity index (χ1v) is 6.31. The van der Waals surface area contributed by atoms with Gasteiger partial charge in [-0.2, -0.15) is 13.2 Å². The van der Waals surface area contributed by atoms with Gasteiger partial charge in [0.15, 0.2) is 0 Å². The summed E-state index contributed by atoms with van der Waals surface area (Å²) in [4.78, 5) is 0. The summed E-state index contributed by atoms with van der Waals surface area (Å²) in [6, 6.07) is 6.76. The van der Waals surface area contributed by atoms with Gasteiger partial charge in [0, 0.05) is 17.0 Å². The summed E-state index contributed by atoms with van der Waals surface area (Å²) in [6.45, 7) is 0. The van der Waals surface area contributed by atoms with E-state index >= 15 is 0 Å². The van der Waals surface area contributed by atoms with E-state index in [1.54, 1.807) is 24.3 Å². The van der Waals surface area contributed by atoms with Crippen LogP contribution < -0.4 is 5.73 Å². The molecule has 2 rings (SSSR count). The number of halogens is 3. The molecule has 0 amide bonds. The van der Waals surface area contributed by atoms with Crippen LogP contribution in [0.1, 0.15) is 6.42 Å². The Balaban J connectivity index is 1.97. The lowest BCUT2D eigenvalue weighted by Crippen LogP contribution is -2.07. The summed E-state index contributed by atoms with van der Waals surface area (Å²) in [5.41, 5.74) is 6.81. The molecule has 1 aromatic heterocycles. The molecule has 0 saturated heterocycles. The maximum absolute atomic E-state index is 12.0. The van der Waals surface area contributed by atoms with Crippen LogP contribution in [-0.4, -0.2) is 22.1 Å². The highest BCUT2D eigenvalue weighted by Crippen LogP contribution is 2.27. The molecular formula is C11H10F3N3OS. The predicted molar refractivity (Wildman–Crippen MR) is 65.5 cm³/mol. The van der Waals surface area contributed by atoms with E-state index in [0.717, 1.165) is 11.8 Å². The van der Waals surface area contributed by atoms with Gasteiger partial charge in [-0.3, -0.25) is 0 Å². The van der Waals surface area contributed by atoms with Crippen LogP contribution >= 0.6 is 11.8 Å². The standard InChI is InChI=1S/C11H10F3N3OS/c12-11(13,14)5-6-19-10-17-16-9(18-10)7-1-3-8(15)4-2-7/h1-4H,5-6,15H2. The van der Waals surface area contributed by atoms with E-state index < -0.39 is 12.6 Å². The van der Waals surface area contributed by atoms with Crippen molar-refractivity contribution < 1.29 is 17.6 Å². The summed E-state index contributed by atoms with van der Waals surface area (Å²) in [6.07, 6.45) is -5.07. The summed E-state index contributed by atoms with van der Waals surface area (Å²) in [7, 11) is 0. The number of nitrogens with zero attached hydrogens (tertiary/aromatic N) is 2. The van der Waals surface area contributed by atoms with Gasteiger partial charge in [-0.25, -0.2) is 0 Å². The van der Waals surface area contributed by atoms with Crippen molar-refractivity contribution in [3.8, 4) is 11.5 Å². The maximum Gasteiger partial charge on any atom is 0.389 e. The second-order valence-electron chi connectivity index (χ2n) is 3.71. The summed E-state index contributed by atoms with van der Waals surface area (Å²) < 4.78 is 41.2. The third-order valence-electron chi connectivity index (χ3n) is 2.18. The molecule has 1 aromatic carbocycles. The lowest BCUT2D eigenvalue weighted by atomic mass is 10.2. The number of benzene rings is 1. The van der Waals surface area contributed by atoms with E-state index in [4.69, 9.17) is 10.2 Å². The highest BCUT2D eigenvalue weighted by atomic mass is 32.2. The number of hydrogen-bond donors (Lipinski definition) is 1.